The third-order valence-corrected chi connectivity index (χ3v) is 5.08. The molecule has 1 heterocycles. The highest BCUT2D eigenvalue weighted by molar-refractivity contribution is 7.99. The van der Waals surface area contributed by atoms with E-state index in [0.717, 1.165) is 27.3 Å². The predicted octanol–water partition coefficient (Wildman–Crippen LogP) is 5.21. The molecule has 0 saturated carbocycles. The Labute approximate surface area is 133 Å². The van der Waals surface area contributed by atoms with Gasteiger partial charge in [0, 0.05) is 21.8 Å². The molecule has 106 valence electrons. The van der Waals surface area contributed by atoms with E-state index in [0.29, 0.717) is 0 Å². The third-order valence-electron chi connectivity index (χ3n) is 3.96. The molecule has 0 aromatic heterocycles. The molecule has 0 unspecified atom stereocenters. The maximum atomic E-state index is 12.7. The fraction of sp³-hybridized carbons (Fsp3) is 0.0500. The summed E-state index contributed by atoms with van der Waals surface area (Å²) in [4.78, 5) is 13.8. The second-order valence-electron chi connectivity index (χ2n) is 5.35. The van der Waals surface area contributed by atoms with Crippen molar-refractivity contribution in [3.8, 4) is 0 Å². The van der Waals surface area contributed by atoms with Gasteiger partial charge in [0.05, 0.1) is 0 Å². The Morgan fingerprint density at radius 2 is 1.64 bits per heavy atom. The second-order valence-corrected chi connectivity index (χ2v) is 6.37. The normalized spacial score (nSPS) is 16.0. The van der Waals surface area contributed by atoms with E-state index in [-0.39, 0.29) is 5.78 Å². The number of hydrogen-bond acceptors (Lipinski definition) is 2. The summed E-state index contributed by atoms with van der Waals surface area (Å²) in [6.45, 7) is 0. The smallest absolute Gasteiger partial charge is 0.191 e. The van der Waals surface area contributed by atoms with E-state index in [1.807, 2.05) is 48.5 Å². The lowest BCUT2D eigenvalue weighted by Crippen LogP contribution is -2.12. The molecule has 0 amide bonds. The van der Waals surface area contributed by atoms with Gasteiger partial charge in [0.25, 0.3) is 0 Å². The molecule has 0 fully saturated rings. The van der Waals surface area contributed by atoms with Gasteiger partial charge in [0.1, 0.15) is 0 Å². The molecule has 0 aliphatic carbocycles. The molecule has 0 atom stereocenters. The molecule has 1 aliphatic rings. The molecule has 22 heavy (non-hydrogen) atoms. The highest BCUT2D eigenvalue weighted by Gasteiger charge is 2.21. The second kappa shape index (κ2) is 5.47. The van der Waals surface area contributed by atoms with Gasteiger partial charge in [-0.15, -0.1) is 11.8 Å². The van der Waals surface area contributed by atoms with E-state index in [9.17, 15) is 4.79 Å². The third kappa shape index (κ3) is 2.26. The first-order valence-corrected chi connectivity index (χ1v) is 8.26. The molecule has 0 radical (unpaired) electrons. The summed E-state index contributed by atoms with van der Waals surface area (Å²) in [5, 5.41) is 2.39. The van der Waals surface area contributed by atoms with Crippen LogP contribution in [0.2, 0.25) is 0 Å². The molecule has 0 spiro atoms. The summed E-state index contributed by atoms with van der Waals surface area (Å²) < 4.78 is 0. The van der Waals surface area contributed by atoms with Crippen LogP contribution in [-0.2, 0) is 0 Å². The molecular weight excluding hydrogens is 288 g/mol. The first-order chi connectivity index (χ1) is 10.8. The Hall–Kier alpha value is -2.32. The zero-order valence-corrected chi connectivity index (χ0v) is 12.8. The summed E-state index contributed by atoms with van der Waals surface area (Å²) in [5.74, 6) is 0.890. The summed E-state index contributed by atoms with van der Waals surface area (Å²) in [7, 11) is 0. The van der Waals surface area contributed by atoms with Gasteiger partial charge < -0.3 is 0 Å². The van der Waals surface area contributed by atoms with Crippen LogP contribution < -0.4 is 0 Å². The average Bonchev–Trinajstić information content (AvgIpc) is 2.58. The number of thioether (sulfide) groups is 1. The van der Waals surface area contributed by atoms with E-state index in [1.54, 1.807) is 11.8 Å². The number of carbonyl (C=O) groups is 1. The topological polar surface area (TPSA) is 17.1 Å². The first-order valence-electron chi connectivity index (χ1n) is 7.28. The summed E-state index contributed by atoms with van der Waals surface area (Å²) in [6, 6.07) is 22.4. The van der Waals surface area contributed by atoms with Crippen molar-refractivity contribution in [3.63, 3.8) is 0 Å². The van der Waals surface area contributed by atoms with Crippen molar-refractivity contribution in [2.24, 2.45) is 0 Å². The SMILES string of the molecule is O=C1/C(=C\c2cccc3ccccc23)CSc2ccccc21. The zero-order valence-electron chi connectivity index (χ0n) is 12.0. The lowest BCUT2D eigenvalue weighted by Gasteiger charge is -2.17. The van der Waals surface area contributed by atoms with Crippen LogP contribution in [0.15, 0.2) is 77.2 Å². The van der Waals surface area contributed by atoms with Gasteiger partial charge in [0.15, 0.2) is 5.78 Å². The van der Waals surface area contributed by atoms with Gasteiger partial charge in [-0.05, 0) is 34.5 Å². The minimum absolute atomic E-state index is 0.155. The molecule has 1 nitrogen and oxygen atoms in total. The maximum Gasteiger partial charge on any atom is 0.191 e. The average molecular weight is 302 g/mol. The molecule has 4 rings (SSSR count). The molecule has 0 N–H and O–H groups in total. The van der Waals surface area contributed by atoms with Crippen LogP contribution in [0, 0.1) is 0 Å². The molecule has 3 aromatic carbocycles. The van der Waals surface area contributed by atoms with Crippen LogP contribution in [0.5, 0.6) is 0 Å². The van der Waals surface area contributed by atoms with Gasteiger partial charge in [-0.1, -0.05) is 54.6 Å². The Bertz CT molecular complexity index is 903. The number of carbonyl (C=O) groups excluding carboxylic acids is 1. The monoisotopic (exact) mass is 302 g/mol. The van der Waals surface area contributed by atoms with Crippen LogP contribution in [-0.4, -0.2) is 11.5 Å². The van der Waals surface area contributed by atoms with Gasteiger partial charge in [0.2, 0.25) is 0 Å². The minimum atomic E-state index is 0.155. The standard InChI is InChI=1S/C20H14OS/c21-20-16(13-22-19-11-4-3-10-18(19)20)12-15-8-5-7-14-6-1-2-9-17(14)15/h1-12H,13H2/b16-12-. The highest BCUT2D eigenvalue weighted by atomic mass is 32.2. The van der Waals surface area contributed by atoms with E-state index in [4.69, 9.17) is 0 Å². The largest absolute Gasteiger partial charge is 0.289 e. The van der Waals surface area contributed by atoms with Gasteiger partial charge in [-0.25, -0.2) is 0 Å². The quantitative estimate of drug-likeness (QED) is 0.574. The molecule has 0 bridgehead atoms. The van der Waals surface area contributed by atoms with Crippen molar-refractivity contribution in [2.75, 3.05) is 5.75 Å². The van der Waals surface area contributed by atoms with Crippen molar-refractivity contribution in [2.45, 2.75) is 4.90 Å². The molecule has 2 heteroatoms. The van der Waals surface area contributed by atoms with Gasteiger partial charge >= 0.3 is 0 Å². The maximum absolute atomic E-state index is 12.7. The Kier molecular flexibility index (Phi) is 3.32. The van der Waals surface area contributed by atoms with Crippen LogP contribution in [0.25, 0.3) is 16.8 Å². The van der Waals surface area contributed by atoms with Crippen molar-refractivity contribution in [1.29, 1.82) is 0 Å². The van der Waals surface area contributed by atoms with Gasteiger partial charge in [-0.2, -0.15) is 0 Å². The van der Waals surface area contributed by atoms with E-state index >= 15 is 0 Å². The van der Waals surface area contributed by atoms with Crippen molar-refractivity contribution in [3.05, 3.63) is 83.4 Å². The molecule has 3 aromatic rings. The number of rotatable bonds is 1. The lowest BCUT2D eigenvalue weighted by atomic mass is 9.98. The fourth-order valence-corrected chi connectivity index (χ4v) is 3.86. The van der Waals surface area contributed by atoms with Crippen LogP contribution in [0.1, 0.15) is 15.9 Å². The van der Waals surface area contributed by atoms with Crippen molar-refractivity contribution in [1.82, 2.24) is 0 Å². The zero-order chi connectivity index (χ0) is 14.9. The Morgan fingerprint density at radius 3 is 2.59 bits per heavy atom. The number of fused-ring (bicyclic) bond motifs is 2. The van der Waals surface area contributed by atoms with Crippen molar-refractivity contribution < 1.29 is 4.79 Å². The fourth-order valence-electron chi connectivity index (χ4n) is 2.85. The number of ketones is 1. The van der Waals surface area contributed by atoms with Crippen LogP contribution in [0.4, 0.5) is 0 Å². The van der Waals surface area contributed by atoms with Gasteiger partial charge in [-0.3, -0.25) is 4.79 Å². The van der Waals surface area contributed by atoms with Crippen molar-refractivity contribution >= 4 is 34.4 Å². The number of benzene rings is 3. The molecule has 0 saturated heterocycles. The summed E-state index contributed by atoms with van der Waals surface area (Å²) >= 11 is 1.74. The molecular formula is C20H14OS. The highest BCUT2D eigenvalue weighted by Crippen LogP contribution is 2.33. The van der Waals surface area contributed by atoms with E-state index in [2.05, 4.69) is 24.3 Å². The number of hydrogen-bond donors (Lipinski definition) is 0. The van der Waals surface area contributed by atoms with Crippen LogP contribution in [0.3, 0.4) is 0 Å². The van der Waals surface area contributed by atoms with E-state index < -0.39 is 0 Å². The summed E-state index contributed by atoms with van der Waals surface area (Å²) in [6.07, 6.45) is 2.05. The minimum Gasteiger partial charge on any atom is -0.289 e. The lowest BCUT2D eigenvalue weighted by molar-refractivity contribution is 0.103. The van der Waals surface area contributed by atoms with E-state index in [1.165, 1.54) is 10.8 Å². The Balaban J connectivity index is 1.82. The van der Waals surface area contributed by atoms with Crippen LogP contribution >= 0.6 is 11.8 Å². The summed E-state index contributed by atoms with van der Waals surface area (Å²) in [5.41, 5.74) is 2.81. The first kappa shape index (κ1) is 13.4. The molecule has 1 aliphatic heterocycles. The Morgan fingerprint density at radius 1 is 0.864 bits per heavy atom. The number of Topliss-reactive ketones (excluding diaryl/α,β-unsaturated/α-hetero) is 1. The predicted molar refractivity (Wildman–Crippen MR) is 93.4 cm³/mol.